The molecule has 36 heavy (non-hydrogen) atoms. The molecule has 3 aromatic rings. The van der Waals surface area contributed by atoms with Crippen LogP contribution in [0.3, 0.4) is 0 Å². The molecule has 0 spiro atoms. The van der Waals surface area contributed by atoms with Crippen molar-refractivity contribution < 1.29 is 9.59 Å². The fourth-order valence-corrected chi connectivity index (χ4v) is 6.41. The van der Waals surface area contributed by atoms with E-state index < -0.39 is 0 Å². The van der Waals surface area contributed by atoms with E-state index in [-0.39, 0.29) is 17.9 Å². The van der Waals surface area contributed by atoms with E-state index in [9.17, 15) is 9.59 Å². The maximum atomic E-state index is 13.5. The second-order valence-electron chi connectivity index (χ2n) is 9.86. The Hall–Kier alpha value is -2.96. The van der Waals surface area contributed by atoms with Crippen molar-refractivity contribution in [2.75, 3.05) is 39.3 Å². The largest absolute Gasteiger partial charge is 0.340 e. The molecule has 2 aromatic carbocycles. The Morgan fingerprint density at radius 3 is 2.42 bits per heavy atom. The lowest BCUT2D eigenvalue weighted by Gasteiger charge is -2.37. The van der Waals surface area contributed by atoms with Gasteiger partial charge in [0, 0.05) is 43.2 Å². The van der Waals surface area contributed by atoms with E-state index in [1.54, 1.807) is 0 Å². The Kier molecular flexibility index (Phi) is 7.54. The third-order valence-electron chi connectivity index (χ3n) is 7.63. The predicted octanol–water partition coefficient (Wildman–Crippen LogP) is 4.94. The number of aryl methyl sites for hydroxylation is 2. The first-order valence-corrected chi connectivity index (χ1v) is 13.9. The van der Waals surface area contributed by atoms with Gasteiger partial charge >= 0.3 is 0 Å². The molecule has 0 bridgehead atoms. The molecule has 2 amide bonds. The number of rotatable bonds is 5. The van der Waals surface area contributed by atoms with Gasteiger partial charge in [-0.1, -0.05) is 43.3 Å². The summed E-state index contributed by atoms with van der Waals surface area (Å²) in [4.78, 5) is 34.3. The van der Waals surface area contributed by atoms with Crippen LogP contribution in [-0.4, -0.2) is 65.8 Å². The van der Waals surface area contributed by atoms with Crippen molar-refractivity contribution in [1.82, 2.24) is 14.7 Å². The zero-order valence-electron chi connectivity index (χ0n) is 21.3. The van der Waals surface area contributed by atoms with Gasteiger partial charge in [-0.3, -0.25) is 14.5 Å². The van der Waals surface area contributed by atoms with Crippen LogP contribution in [-0.2, 0) is 17.6 Å². The molecule has 0 radical (unpaired) electrons. The summed E-state index contributed by atoms with van der Waals surface area (Å²) < 4.78 is 0. The first kappa shape index (κ1) is 24.7. The second-order valence-corrected chi connectivity index (χ2v) is 10.9. The van der Waals surface area contributed by atoms with Gasteiger partial charge in [0.1, 0.15) is 0 Å². The van der Waals surface area contributed by atoms with Crippen LogP contribution in [0.25, 0.3) is 0 Å². The number of hydrogen-bond donors (Lipinski definition) is 0. The van der Waals surface area contributed by atoms with Crippen LogP contribution in [0.15, 0.2) is 60.0 Å². The number of thiophene rings is 1. The molecule has 5 rings (SSSR count). The third-order valence-corrected chi connectivity index (χ3v) is 8.63. The quantitative estimate of drug-likeness (QED) is 0.497. The van der Waals surface area contributed by atoms with Gasteiger partial charge in [-0.15, -0.1) is 11.3 Å². The minimum atomic E-state index is 0.0626. The highest BCUT2D eigenvalue weighted by Gasteiger charge is 2.33. The Morgan fingerprint density at radius 1 is 0.889 bits per heavy atom. The van der Waals surface area contributed by atoms with E-state index in [0.717, 1.165) is 31.4 Å². The average Bonchev–Trinajstić information content (AvgIpc) is 3.24. The molecule has 1 fully saturated rings. The van der Waals surface area contributed by atoms with Crippen LogP contribution >= 0.6 is 11.3 Å². The lowest BCUT2D eigenvalue weighted by atomic mass is 9.90. The molecule has 188 valence electrons. The number of hydrogen-bond acceptors (Lipinski definition) is 4. The number of amides is 2. The van der Waals surface area contributed by atoms with Gasteiger partial charge < -0.3 is 9.80 Å². The Morgan fingerprint density at radius 2 is 1.64 bits per heavy atom. The van der Waals surface area contributed by atoms with Gasteiger partial charge in [0.2, 0.25) is 5.91 Å². The number of carbonyl (C=O) groups excluding carboxylic acids is 2. The Balaban J connectivity index is 1.26. The van der Waals surface area contributed by atoms with Crippen molar-refractivity contribution in [3.8, 4) is 0 Å². The van der Waals surface area contributed by atoms with Crippen molar-refractivity contribution in [3.05, 3.63) is 92.7 Å². The molecule has 6 heteroatoms. The standard InChI is InChI=1S/C30H35N3O2S/c1-3-23-9-11-24(12-10-23)30(35)32-16-6-15-31(18-19-32)28(34)21-33-17-13-27-26(14-20-36-27)29(33)25-8-5-4-7-22(25)2/h4-5,7-12,14,20,29H,3,6,13,15-19,21H2,1-2H3/t29-/m0/s1. The van der Waals surface area contributed by atoms with Crippen molar-refractivity contribution in [3.63, 3.8) is 0 Å². The molecule has 0 unspecified atom stereocenters. The average molecular weight is 502 g/mol. The second kappa shape index (κ2) is 11.0. The first-order chi connectivity index (χ1) is 17.5. The normalized spacial score (nSPS) is 18.6. The van der Waals surface area contributed by atoms with Crippen LogP contribution in [0.4, 0.5) is 0 Å². The van der Waals surface area contributed by atoms with E-state index in [0.29, 0.717) is 32.7 Å². The Labute approximate surface area is 218 Å². The van der Waals surface area contributed by atoms with E-state index in [2.05, 4.69) is 54.5 Å². The molecular weight excluding hydrogens is 466 g/mol. The summed E-state index contributed by atoms with van der Waals surface area (Å²) in [7, 11) is 0. The van der Waals surface area contributed by atoms with Gasteiger partial charge in [0.25, 0.3) is 5.91 Å². The van der Waals surface area contributed by atoms with E-state index in [1.165, 1.54) is 27.1 Å². The van der Waals surface area contributed by atoms with Crippen molar-refractivity contribution in [2.24, 2.45) is 0 Å². The number of fused-ring (bicyclic) bond motifs is 1. The van der Waals surface area contributed by atoms with Gasteiger partial charge in [-0.2, -0.15) is 0 Å². The molecule has 0 saturated carbocycles. The molecule has 0 N–H and O–H groups in total. The number of benzene rings is 2. The highest BCUT2D eigenvalue weighted by molar-refractivity contribution is 7.10. The van der Waals surface area contributed by atoms with E-state index in [4.69, 9.17) is 0 Å². The SMILES string of the molecule is CCc1ccc(C(=O)N2CCCN(C(=O)CN3CCc4sccc4[C@@H]3c3ccccc3C)CC2)cc1. The van der Waals surface area contributed by atoms with E-state index in [1.807, 2.05) is 45.4 Å². The maximum Gasteiger partial charge on any atom is 0.253 e. The summed E-state index contributed by atoms with van der Waals surface area (Å²) in [5, 5.41) is 2.18. The topological polar surface area (TPSA) is 43.9 Å². The first-order valence-electron chi connectivity index (χ1n) is 13.1. The number of nitrogens with zero attached hydrogens (tertiary/aromatic N) is 3. The maximum absolute atomic E-state index is 13.5. The summed E-state index contributed by atoms with van der Waals surface area (Å²) in [5.41, 5.74) is 5.85. The van der Waals surface area contributed by atoms with Gasteiger partial charge in [-0.05, 0) is 72.0 Å². The van der Waals surface area contributed by atoms with Crippen molar-refractivity contribution in [1.29, 1.82) is 0 Å². The summed E-state index contributed by atoms with van der Waals surface area (Å²) in [5.74, 6) is 0.224. The minimum absolute atomic E-state index is 0.0626. The van der Waals surface area contributed by atoms with Gasteiger partial charge in [-0.25, -0.2) is 0 Å². The lowest BCUT2D eigenvalue weighted by Crippen LogP contribution is -2.45. The summed E-state index contributed by atoms with van der Waals surface area (Å²) in [6, 6.07) is 18.8. The zero-order chi connectivity index (χ0) is 25.1. The summed E-state index contributed by atoms with van der Waals surface area (Å²) in [6.07, 6.45) is 2.76. The predicted molar refractivity (Wildman–Crippen MR) is 146 cm³/mol. The molecule has 3 heterocycles. The zero-order valence-corrected chi connectivity index (χ0v) is 22.1. The highest BCUT2D eigenvalue weighted by atomic mass is 32.1. The molecule has 5 nitrogen and oxygen atoms in total. The molecule has 1 aromatic heterocycles. The van der Waals surface area contributed by atoms with E-state index >= 15 is 0 Å². The molecule has 1 atom stereocenters. The van der Waals surface area contributed by atoms with Crippen LogP contribution in [0.1, 0.15) is 56.9 Å². The number of carbonyl (C=O) groups is 2. The van der Waals surface area contributed by atoms with Crippen LogP contribution in [0, 0.1) is 6.92 Å². The smallest absolute Gasteiger partial charge is 0.253 e. The van der Waals surface area contributed by atoms with Gasteiger partial charge in [0.15, 0.2) is 0 Å². The van der Waals surface area contributed by atoms with Crippen LogP contribution in [0.5, 0.6) is 0 Å². The molecule has 2 aliphatic heterocycles. The fraction of sp³-hybridized carbons (Fsp3) is 0.400. The van der Waals surface area contributed by atoms with Crippen molar-refractivity contribution in [2.45, 2.75) is 39.2 Å². The van der Waals surface area contributed by atoms with Crippen molar-refractivity contribution >= 4 is 23.2 Å². The van der Waals surface area contributed by atoms with Gasteiger partial charge in [0.05, 0.1) is 12.6 Å². The lowest BCUT2D eigenvalue weighted by molar-refractivity contribution is -0.132. The fourth-order valence-electron chi connectivity index (χ4n) is 5.51. The Bertz CT molecular complexity index is 1220. The monoisotopic (exact) mass is 501 g/mol. The highest BCUT2D eigenvalue weighted by Crippen LogP contribution is 2.38. The third kappa shape index (κ3) is 5.11. The summed E-state index contributed by atoms with van der Waals surface area (Å²) in [6.45, 7) is 8.11. The van der Waals surface area contributed by atoms with Crippen LogP contribution < -0.4 is 0 Å². The van der Waals surface area contributed by atoms with Crippen LogP contribution in [0.2, 0.25) is 0 Å². The molecule has 1 saturated heterocycles. The molecule has 0 aliphatic carbocycles. The minimum Gasteiger partial charge on any atom is -0.340 e. The summed E-state index contributed by atoms with van der Waals surface area (Å²) >= 11 is 1.82. The molecular formula is C30H35N3O2S. The molecule has 2 aliphatic rings.